The third kappa shape index (κ3) is 2.53. The first kappa shape index (κ1) is 16.1. The Bertz CT molecular complexity index is 889. The molecule has 4 N–H and O–H groups in total. The van der Waals surface area contributed by atoms with Gasteiger partial charge in [-0.2, -0.15) is 4.52 Å². The summed E-state index contributed by atoms with van der Waals surface area (Å²) in [5.41, 5.74) is 5.65. The summed E-state index contributed by atoms with van der Waals surface area (Å²) in [5.74, 6) is -0.676. The van der Waals surface area contributed by atoms with E-state index in [1.165, 1.54) is 10.6 Å². The van der Waals surface area contributed by atoms with Crippen molar-refractivity contribution in [2.45, 2.75) is 39.3 Å². The molecule has 128 valence electrons. The van der Waals surface area contributed by atoms with E-state index >= 15 is 0 Å². The van der Waals surface area contributed by atoms with Gasteiger partial charge < -0.3 is 16.2 Å². The molecule has 2 heterocycles. The molecule has 0 radical (unpaired) electrons. The Hall–Kier alpha value is -2.77. The molecule has 1 fully saturated rings. The summed E-state index contributed by atoms with van der Waals surface area (Å²) < 4.78 is 2.56. The Kier molecular flexibility index (Phi) is 3.82. The van der Waals surface area contributed by atoms with Gasteiger partial charge in [-0.25, -0.2) is 0 Å². The van der Waals surface area contributed by atoms with Crippen molar-refractivity contribution < 1.29 is 9.90 Å². The Labute approximate surface area is 138 Å². The minimum atomic E-state index is -0.694. The fourth-order valence-corrected chi connectivity index (χ4v) is 2.69. The number of nitrogens with two attached hydrogens (primary N) is 1. The summed E-state index contributed by atoms with van der Waals surface area (Å²) in [4.78, 5) is 25.1. The number of anilines is 1. The van der Waals surface area contributed by atoms with Gasteiger partial charge in [0.15, 0.2) is 17.0 Å². The molecule has 0 spiro atoms. The highest BCUT2D eigenvalue weighted by Gasteiger charge is 2.30. The quantitative estimate of drug-likeness (QED) is 0.755. The topological polar surface area (TPSA) is 115 Å². The number of rotatable bonds is 5. The fourth-order valence-electron chi connectivity index (χ4n) is 2.69. The Morgan fingerprint density at radius 1 is 1.54 bits per heavy atom. The molecule has 0 saturated heterocycles. The maximum absolute atomic E-state index is 12.7. The van der Waals surface area contributed by atoms with Crippen LogP contribution in [-0.2, 0) is 6.54 Å². The largest absolute Gasteiger partial charge is 0.494 e. The number of nitrogens with zero attached hydrogens (tertiary/aromatic N) is 3. The maximum atomic E-state index is 12.7. The van der Waals surface area contributed by atoms with E-state index in [4.69, 9.17) is 5.73 Å². The Morgan fingerprint density at radius 2 is 2.21 bits per heavy atom. The highest BCUT2D eigenvalue weighted by atomic mass is 16.3. The summed E-state index contributed by atoms with van der Waals surface area (Å²) in [6, 6.07) is 0.0666. The number of nitrogen functional groups attached to an aromatic ring is 1. The lowest BCUT2D eigenvalue weighted by Gasteiger charge is -2.17. The van der Waals surface area contributed by atoms with Crippen LogP contribution in [0.15, 0.2) is 11.4 Å². The lowest BCUT2D eigenvalue weighted by atomic mass is 10.2. The number of carbonyl (C=O) groups is 1. The summed E-state index contributed by atoms with van der Waals surface area (Å²) in [6.07, 6.45) is 3.24. The fraction of sp³-hybridized carbons (Fsp3) is 0.438. The van der Waals surface area contributed by atoms with Crippen LogP contribution >= 0.6 is 0 Å². The van der Waals surface area contributed by atoms with Crippen molar-refractivity contribution in [1.29, 1.82) is 0 Å². The number of fused-ring (bicyclic) bond motifs is 1. The summed E-state index contributed by atoms with van der Waals surface area (Å²) in [6.45, 7) is 8.01. The highest BCUT2D eigenvalue weighted by molar-refractivity contribution is 5.97. The van der Waals surface area contributed by atoms with E-state index in [2.05, 4.69) is 17.0 Å². The van der Waals surface area contributed by atoms with E-state index in [0.29, 0.717) is 17.8 Å². The molecule has 0 bridgehead atoms. The second-order valence-corrected chi connectivity index (χ2v) is 6.49. The van der Waals surface area contributed by atoms with Crippen LogP contribution in [-0.4, -0.2) is 31.2 Å². The third-order valence-electron chi connectivity index (χ3n) is 3.96. The smallest absolute Gasteiger partial charge is 0.291 e. The monoisotopic (exact) mass is 331 g/mol. The van der Waals surface area contributed by atoms with Crippen molar-refractivity contribution in [1.82, 2.24) is 19.5 Å². The highest BCUT2D eigenvalue weighted by Crippen LogP contribution is 2.26. The van der Waals surface area contributed by atoms with Crippen molar-refractivity contribution in [3.63, 3.8) is 0 Å². The lowest BCUT2D eigenvalue weighted by molar-refractivity contribution is 0.0944. The molecule has 1 saturated carbocycles. The number of aromatic nitrogens is 3. The van der Waals surface area contributed by atoms with Gasteiger partial charge in [-0.1, -0.05) is 26.5 Å². The van der Waals surface area contributed by atoms with Gasteiger partial charge >= 0.3 is 0 Å². The van der Waals surface area contributed by atoms with Gasteiger partial charge in [-0.05, 0) is 18.8 Å². The van der Waals surface area contributed by atoms with Crippen LogP contribution in [0.25, 0.3) is 11.7 Å². The number of hydrogen-bond donors (Lipinski definition) is 3. The molecule has 8 heteroatoms. The average Bonchev–Trinajstić information content (AvgIpc) is 3.24. The van der Waals surface area contributed by atoms with Gasteiger partial charge in [-0.3, -0.25) is 14.2 Å². The number of nitrogens with one attached hydrogen (secondary N) is 1. The number of carbonyl (C=O) groups excluding carboxylic acids is 1. The minimum absolute atomic E-state index is 0.0666. The summed E-state index contributed by atoms with van der Waals surface area (Å²) in [5, 5.41) is 17.4. The number of amides is 1. The zero-order chi connectivity index (χ0) is 17.6. The molecule has 1 aliphatic rings. The summed E-state index contributed by atoms with van der Waals surface area (Å²) >= 11 is 0. The number of hydrogen-bond acceptors (Lipinski definition) is 5. The van der Waals surface area contributed by atoms with Crippen LogP contribution in [0, 0.1) is 5.92 Å². The van der Waals surface area contributed by atoms with Gasteiger partial charge in [0.1, 0.15) is 0 Å². The first-order valence-electron chi connectivity index (χ1n) is 7.92. The van der Waals surface area contributed by atoms with Gasteiger partial charge in [-0.15, -0.1) is 5.10 Å². The Balaban J connectivity index is 2.31. The predicted octanol–water partition coefficient (Wildman–Crippen LogP) is 0.975. The van der Waals surface area contributed by atoms with Crippen LogP contribution in [0.5, 0.6) is 5.88 Å². The molecule has 1 amide bonds. The molecule has 2 aromatic rings. The SMILES string of the molecule is C=Cc1c(N)nn2c(=O)c(C(=O)NC3CC3)c(O)n(CC(C)C)c12. The van der Waals surface area contributed by atoms with Gasteiger partial charge in [0, 0.05) is 12.6 Å². The van der Waals surface area contributed by atoms with E-state index in [0.717, 1.165) is 17.4 Å². The van der Waals surface area contributed by atoms with Crippen molar-refractivity contribution in [3.8, 4) is 5.88 Å². The van der Waals surface area contributed by atoms with Crippen LogP contribution in [0.2, 0.25) is 0 Å². The van der Waals surface area contributed by atoms with Crippen LogP contribution in [0.4, 0.5) is 5.82 Å². The molecule has 1 aliphatic carbocycles. The van der Waals surface area contributed by atoms with E-state index < -0.39 is 11.5 Å². The second-order valence-electron chi connectivity index (χ2n) is 6.49. The zero-order valence-electron chi connectivity index (χ0n) is 13.7. The predicted molar refractivity (Wildman–Crippen MR) is 90.9 cm³/mol. The molecule has 8 nitrogen and oxygen atoms in total. The minimum Gasteiger partial charge on any atom is -0.494 e. The Morgan fingerprint density at radius 3 is 2.75 bits per heavy atom. The van der Waals surface area contributed by atoms with Crippen molar-refractivity contribution in [3.05, 3.63) is 28.1 Å². The molecule has 3 rings (SSSR count). The van der Waals surface area contributed by atoms with E-state index in [-0.39, 0.29) is 29.2 Å². The zero-order valence-corrected chi connectivity index (χ0v) is 13.7. The third-order valence-corrected chi connectivity index (χ3v) is 3.96. The van der Waals surface area contributed by atoms with Crippen LogP contribution in [0.1, 0.15) is 42.6 Å². The normalized spacial score (nSPS) is 14.3. The van der Waals surface area contributed by atoms with Crippen LogP contribution in [0.3, 0.4) is 0 Å². The standard InChI is InChI=1S/C16H21N5O3/c1-4-10-12(17)19-21-14(10)20(7-8(2)3)15(23)11(16(21)24)13(22)18-9-5-6-9/h4,8-9,23H,1,5-7H2,2-3H3,(H2,17,19)(H,18,22). The van der Waals surface area contributed by atoms with E-state index in [1.807, 2.05) is 13.8 Å². The van der Waals surface area contributed by atoms with E-state index in [1.54, 1.807) is 0 Å². The molecule has 0 atom stereocenters. The second kappa shape index (κ2) is 5.70. The van der Waals surface area contributed by atoms with Crippen molar-refractivity contribution >= 4 is 23.4 Å². The lowest BCUT2D eigenvalue weighted by Crippen LogP contribution is -2.34. The molecule has 0 aliphatic heterocycles. The molecule has 0 aromatic carbocycles. The maximum Gasteiger partial charge on any atom is 0.291 e. The molecular formula is C16H21N5O3. The average molecular weight is 331 g/mol. The molecule has 24 heavy (non-hydrogen) atoms. The van der Waals surface area contributed by atoms with Crippen LogP contribution < -0.4 is 16.6 Å². The first-order valence-corrected chi connectivity index (χ1v) is 7.92. The van der Waals surface area contributed by atoms with Crippen molar-refractivity contribution in [2.75, 3.05) is 5.73 Å². The van der Waals surface area contributed by atoms with E-state index in [9.17, 15) is 14.7 Å². The molecule has 0 unspecified atom stereocenters. The van der Waals surface area contributed by atoms with Gasteiger partial charge in [0.25, 0.3) is 11.5 Å². The molecular weight excluding hydrogens is 310 g/mol. The van der Waals surface area contributed by atoms with Gasteiger partial charge in [0.05, 0.1) is 5.56 Å². The number of aromatic hydroxyl groups is 1. The first-order chi connectivity index (χ1) is 11.3. The summed E-state index contributed by atoms with van der Waals surface area (Å²) in [7, 11) is 0. The van der Waals surface area contributed by atoms with Gasteiger partial charge in [0.2, 0.25) is 5.88 Å². The molecule has 2 aromatic heterocycles. The van der Waals surface area contributed by atoms with Crippen molar-refractivity contribution in [2.24, 2.45) is 5.92 Å².